The lowest BCUT2D eigenvalue weighted by atomic mass is 10.1. The summed E-state index contributed by atoms with van der Waals surface area (Å²) >= 11 is 0. The molecule has 6 heteroatoms. The molecule has 1 aliphatic rings. The van der Waals surface area contributed by atoms with Crippen LogP contribution in [0.4, 0.5) is 4.79 Å². The van der Waals surface area contributed by atoms with Crippen LogP contribution in [-0.4, -0.2) is 27.3 Å². The number of hydrogen-bond acceptors (Lipinski definition) is 2. The highest BCUT2D eigenvalue weighted by Crippen LogP contribution is 2.16. The minimum atomic E-state index is -0.147. The second kappa shape index (κ2) is 6.92. The van der Waals surface area contributed by atoms with Crippen molar-refractivity contribution in [3.63, 3.8) is 0 Å². The van der Waals surface area contributed by atoms with Crippen LogP contribution in [0.5, 0.6) is 0 Å². The highest BCUT2D eigenvalue weighted by molar-refractivity contribution is 5.74. The van der Waals surface area contributed by atoms with E-state index in [-0.39, 0.29) is 11.6 Å². The Morgan fingerprint density at radius 1 is 1.04 bits per heavy atom. The number of rotatable bonds is 3. The van der Waals surface area contributed by atoms with Crippen LogP contribution in [0.25, 0.3) is 5.69 Å². The van der Waals surface area contributed by atoms with Gasteiger partial charge in [0.1, 0.15) is 0 Å². The number of urea groups is 1. The van der Waals surface area contributed by atoms with Gasteiger partial charge in [-0.3, -0.25) is 9.89 Å². The number of nitrogens with zero attached hydrogens (tertiary/aromatic N) is 2. The molecule has 2 heterocycles. The van der Waals surface area contributed by atoms with Crippen LogP contribution in [0.15, 0.2) is 65.5 Å². The number of benzene rings is 2. The minimum Gasteiger partial charge on any atom is -0.334 e. The van der Waals surface area contributed by atoms with E-state index in [1.807, 2.05) is 60.7 Å². The Labute approximate surface area is 151 Å². The molecule has 0 atom stereocenters. The van der Waals surface area contributed by atoms with E-state index in [4.69, 9.17) is 0 Å². The lowest BCUT2D eigenvalue weighted by Crippen LogP contribution is -2.43. The first-order chi connectivity index (χ1) is 12.7. The first-order valence-electron chi connectivity index (χ1n) is 8.67. The Balaban J connectivity index is 1.48. The van der Waals surface area contributed by atoms with E-state index in [1.54, 1.807) is 9.58 Å². The number of nitrogens with one attached hydrogen (secondary N) is 2. The third-order valence-corrected chi connectivity index (χ3v) is 4.64. The first-order valence-corrected chi connectivity index (χ1v) is 8.67. The summed E-state index contributed by atoms with van der Waals surface area (Å²) in [5.74, 6) is 0. The molecule has 1 aromatic heterocycles. The molecule has 3 aromatic rings. The normalized spacial score (nSPS) is 13.3. The van der Waals surface area contributed by atoms with Crippen molar-refractivity contribution in [1.29, 1.82) is 0 Å². The van der Waals surface area contributed by atoms with Crippen LogP contribution in [0.1, 0.15) is 16.8 Å². The van der Waals surface area contributed by atoms with Gasteiger partial charge in [0.05, 0.1) is 17.8 Å². The fraction of sp³-hybridized carbons (Fsp3) is 0.200. The molecule has 6 nitrogen and oxygen atoms in total. The molecule has 2 N–H and O–H groups in total. The molecule has 0 fully saturated rings. The molecule has 0 saturated carbocycles. The zero-order chi connectivity index (χ0) is 17.9. The quantitative estimate of drug-likeness (QED) is 0.763. The Morgan fingerprint density at radius 3 is 2.46 bits per heavy atom. The van der Waals surface area contributed by atoms with E-state index in [1.165, 1.54) is 0 Å². The molecule has 2 amide bonds. The molecule has 26 heavy (non-hydrogen) atoms. The van der Waals surface area contributed by atoms with Crippen LogP contribution < -0.4 is 10.9 Å². The number of aromatic amines is 1. The summed E-state index contributed by atoms with van der Waals surface area (Å²) in [6, 6.07) is 19.1. The Kier molecular flexibility index (Phi) is 4.31. The summed E-state index contributed by atoms with van der Waals surface area (Å²) < 4.78 is 1.55. The van der Waals surface area contributed by atoms with Crippen molar-refractivity contribution < 1.29 is 4.79 Å². The van der Waals surface area contributed by atoms with Crippen molar-refractivity contribution in [2.75, 3.05) is 6.54 Å². The maximum atomic E-state index is 12.7. The second-order valence-electron chi connectivity index (χ2n) is 6.36. The predicted molar refractivity (Wildman–Crippen MR) is 99.2 cm³/mol. The van der Waals surface area contributed by atoms with E-state index >= 15 is 0 Å². The molecule has 1 aliphatic heterocycles. The van der Waals surface area contributed by atoms with Crippen molar-refractivity contribution >= 4 is 6.03 Å². The molecule has 132 valence electrons. The predicted octanol–water partition coefficient (Wildman–Crippen LogP) is 2.43. The molecular formula is C20H20N4O2. The minimum absolute atomic E-state index is 0.0910. The zero-order valence-corrected chi connectivity index (χ0v) is 14.3. The second-order valence-corrected chi connectivity index (χ2v) is 6.36. The average Bonchev–Trinajstić information content (AvgIpc) is 3.04. The van der Waals surface area contributed by atoms with Gasteiger partial charge >= 0.3 is 6.03 Å². The third kappa shape index (κ3) is 3.13. The lowest BCUT2D eigenvalue weighted by molar-refractivity contribution is 0.191. The van der Waals surface area contributed by atoms with Gasteiger partial charge in [0.25, 0.3) is 5.56 Å². The number of aromatic nitrogens is 2. The van der Waals surface area contributed by atoms with Gasteiger partial charge in [0.15, 0.2) is 0 Å². The first kappa shape index (κ1) is 16.2. The lowest BCUT2D eigenvalue weighted by Gasteiger charge is -2.26. The molecule has 0 bridgehead atoms. The fourth-order valence-corrected chi connectivity index (χ4v) is 3.22. The molecule has 0 saturated heterocycles. The summed E-state index contributed by atoms with van der Waals surface area (Å²) in [6.45, 7) is 1.39. The van der Waals surface area contributed by atoms with Crippen LogP contribution in [-0.2, 0) is 19.5 Å². The number of para-hydroxylation sites is 1. The molecule has 0 unspecified atom stereocenters. The highest BCUT2D eigenvalue weighted by atomic mass is 16.2. The van der Waals surface area contributed by atoms with Crippen molar-refractivity contribution in [2.24, 2.45) is 0 Å². The van der Waals surface area contributed by atoms with Crippen molar-refractivity contribution in [3.8, 4) is 5.69 Å². The summed E-state index contributed by atoms with van der Waals surface area (Å²) in [7, 11) is 0. The Morgan fingerprint density at radius 2 is 1.73 bits per heavy atom. The van der Waals surface area contributed by atoms with Gasteiger partial charge in [-0.25, -0.2) is 9.48 Å². The van der Waals surface area contributed by atoms with Gasteiger partial charge in [-0.15, -0.1) is 0 Å². The molecule has 4 rings (SSSR count). The van der Waals surface area contributed by atoms with Gasteiger partial charge in [0, 0.05) is 25.2 Å². The molecule has 0 spiro atoms. The summed E-state index contributed by atoms with van der Waals surface area (Å²) in [5.41, 5.74) is 3.33. The number of amides is 2. The van der Waals surface area contributed by atoms with E-state index < -0.39 is 0 Å². The smallest absolute Gasteiger partial charge is 0.317 e. The molecule has 2 aromatic carbocycles. The van der Waals surface area contributed by atoms with Gasteiger partial charge in [-0.05, 0) is 17.7 Å². The Bertz CT molecular complexity index is 960. The standard InChI is InChI=1S/C20H20N4O2/c25-19-17-14-23(20(26)21-13-15-7-3-1-4-8-15)12-11-18(17)22-24(19)16-9-5-2-6-10-16/h1-10,22H,11-14H2,(H,21,26). The zero-order valence-electron chi connectivity index (χ0n) is 14.3. The maximum absolute atomic E-state index is 12.7. The van der Waals surface area contributed by atoms with Gasteiger partial charge in [0.2, 0.25) is 0 Å². The fourth-order valence-electron chi connectivity index (χ4n) is 3.22. The summed E-state index contributed by atoms with van der Waals surface area (Å²) in [6.07, 6.45) is 0.642. The van der Waals surface area contributed by atoms with Gasteiger partial charge < -0.3 is 10.2 Å². The van der Waals surface area contributed by atoms with Crippen LogP contribution >= 0.6 is 0 Å². The molecular weight excluding hydrogens is 328 g/mol. The van der Waals surface area contributed by atoms with Crippen molar-refractivity contribution in [1.82, 2.24) is 20.0 Å². The van der Waals surface area contributed by atoms with Crippen molar-refractivity contribution in [3.05, 3.63) is 87.8 Å². The van der Waals surface area contributed by atoms with E-state index in [2.05, 4.69) is 10.4 Å². The van der Waals surface area contributed by atoms with Crippen LogP contribution in [0.3, 0.4) is 0 Å². The number of carbonyl (C=O) groups is 1. The number of carbonyl (C=O) groups excluding carboxylic acids is 1. The van der Waals surface area contributed by atoms with E-state index in [0.717, 1.165) is 16.9 Å². The number of fused-ring (bicyclic) bond motifs is 1. The SMILES string of the molecule is O=C(NCc1ccccc1)N1CCc2[nH]n(-c3ccccc3)c(=O)c2C1. The maximum Gasteiger partial charge on any atom is 0.317 e. The van der Waals surface area contributed by atoms with E-state index in [9.17, 15) is 9.59 Å². The number of H-pyrrole nitrogens is 1. The topological polar surface area (TPSA) is 70.1 Å². The highest BCUT2D eigenvalue weighted by Gasteiger charge is 2.25. The summed E-state index contributed by atoms with van der Waals surface area (Å²) in [4.78, 5) is 26.9. The van der Waals surface area contributed by atoms with Crippen molar-refractivity contribution in [2.45, 2.75) is 19.5 Å². The summed E-state index contributed by atoms with van der Waals surface area (Å²) in [5, 5.41) is 6.11. The van der Waals surface area contributed by atoms with Crippen LogP contribution in [0.2, 0.25) is 0 Å². The largest absolute Gasteiger partial charge is 0.334 e. The number of hydrogen-bond donors (Lipinski definition) is 2. The van der Waals surface area contributed by atoms with Gasteiger partial charge in [-0.1, -0.05) is 48.5 Å². The average molecular weight is 348 g/mol. The van der Waals surface area contributed by atoms with Gasteiger partial charge in [-0.2, -0.15) is 0 Å². The third-order valence-electron chi connectivity index (χ3n) is 4.64. The van der Waals surface area contributed by atoms with Crippen LogP contribution in [0, 0.1) is 0 Å². The Hall–Kier alpha value is -3.28. The van der Waals surface area contributed by atoms with E-state index in [0.29, 0.717) is 31.6 Å². The molecule has 0 aliphatic carbocycles. The monoisotopic (exact) mass is 348 g/mol. The molecule has 0 radical (unpaired) electrons.